The molecule has 0 aliphatic heterocycles. The second-order valence-corrected chi connectivity index (χ2v) is 7.88. The Hall–Kier alpha value is -1.41. The Labute approximate surface area is 169 Å². The summed E-state index contributed by atoms with van der Waals surface area (Å²) in [6.07, 6.45) is -1.80. The maximum Gasteiger partial charge on any atom is 0.573 e. The van der Waals surface area contributed by atoms with Crippen LogP contribution in [0.2, 0.25) is 0 Å². The molecule has 2 aromatic rings. The minimum absolute atomic E-state index is 0.237. The number of halogens is 4. The fourth-order valence-electron chi connectivity index (χ4n) is 2.28. The Kier molecular flexibility index (Phi) is 7.23. The van der Waals surface area contributed by atoms with Gasteiger partial charge >= 0.3 is 6.36 Å². The molecule has 6 heteroatoms. The van der Waals surface area contributed by atoms with E-state index in [1.54, 1.807) is 12.1 Å². The number of allylic oxidation sites excluding steroid dienone is 1. The smallest absolute Gasteiger partial charge is 0.406 e. The predicted octanol–water partition coefficient (Wildman–Crippen LogP) is 7.27. The summed E-state index contributed by atoms with van der Waals surface area (Å²) in [6, 6.07) is 10.1. The highest BCUT2D eigenvalue weighted by molar-refractivity contribution is 14.1. The zero-order chi connectivity index (χ0) is 19.3. The monoisotopic (exact) mass is 490 g/mol. The second-order valence-electron chi connectivity index (χ2n) is 5.72. The van der Waals surface area contributed by atoms with Crippen molar-refractivity contribution in [3.05, 3.63) is 80.3 Å². The van der Waals surface area contributed by atoms with Crippen LogP contribution in [0.25, 0.3) is 4.91 Å². The molecular weight excluding hydrogens is 472 g/mol. The van der Waals surface area contributed by atoms with Crippen molar-refractivity contribution in [3.63, 3.8) is 0 Å². The van der Waals surface area contributed by atoms with Gasteiger partial charge in [-0.05, 0) is 88.7 Å². The molecule has 0 amide bonds. The first-order chi connectivity index (χ1) is 12.2. The Morgan fingerprint density at radius 2 is 1.81 bits per heavy atom. The first-order valence-corrected chi connectivity index (χ1v) is 9.74. The molecule has 0 heterocycles. The van der Waals surface area contributed by atoms with Crippen LogP contribution in [0.4, 0.5) is 13.2 Å². The molecular formula is C20H18F3IOS. The first-order valence-electron chi connectivity index (χ1n) is 7.78. The largest absolute Gasteiger partial charge is 0.573 e. The van der Waals surface area contributed by atoms with Crippen LogP contribution in [-0.4, -0.2) is 6.36 Å². The number of alkyl halides is 3. The zero-order valence-corrected chi connectivity index (χ0v) is 17.3. The lowest BCUT2D eigenvalue weighted by Crippen LogP contribution is -2.16. The number of thioether (sulfide) groups is 1. The number of aryl methyl sites for hydroxylation is 2. The van der Waals surface area contributed by atoms with E-state index in [1.165, 1.54) is 44.2 Å². The zero-order valence-electron chi connectivity index (χ0n) is 14.4. The standard InChI is InChI=1S/C20H18F3IOS/c1-13-12-19(24)14(2)11-17(13)5-4-10-26-15(3)16-6-8-18(9-7-16)25-20(21,22)23/h4,6-12H,3,5H2,1-2H3/b10-4+. The first kappa shape index (κ1) is 20.9. The number of benzene rings is 2. The molecule has 0 aromatic heterocycles. The van der Waals surface area contributed by atoms with Crippen LogP contribution in [0.3, 0.4) is 0 Å². The van der Waals surface area contributed by atoms with Gasteiger partial charge in [-0.15, -0.1) is 13.2 Å². The lowest BCUT2D eigenvalue weighted by molar-refractivity contribution is -0.274. The Balaban J connectivity index is 1.92. The Bertz CT molecular complexity index is 811. The van der Waals surface area contributed by atoms with Gasteiger partial charge in [0.15, 0.2) is 0 Å². The van der Waals surface area contributed by atoms with Gasteiger partial charge in [-0.25, -0.2) is 0 Å². The summed E-state index contributed by atoms with van der Waals surface area (Å²) in [5.74, 6) is -0.237. The third kappa shape index (κ3) is 6.39. The summed E-state index contributed by atoms with van der Waals surface area (Å²) in [5.41, 5.74) is 4.56. The van der Waals surface area contributed by atoms with E-state index in [4.69, 9.17) is 0 Å². The average Bonchev–Trinajstić information content (AvgIpc) is 2.55. The predicted molar refractivity (Wildman–Crippen MR) is 111 cm³/mol. The van der Waals surface area contributed by atoms with Gasteiger partial charge in [0.2, 0.25) is 0 Å². The van der Waals surface area contributed by atoms with E-state index in [0.29, 0.717) is 0 Å². The maximum absolute atomic E-state index is 12.2. The van der Waals surface area contributed by atoms with E-state index in [1.807, 2.05) is 5.41 Å². The molecule has 138 valence electrons. The summed E-state index contributed by atoms with van der Waals surface area (Å²) in [6.45, 7) is 8.16. The Morgan fingerprint density at radius 1 is 1.15 bits per heavy atom. The van der Waals surface area contributed by atoms with Crippen molar-refractivity contribution in [1.82, 2.24) is 0 Å². The van der Waals surface area contributed by atoms with E-state index < -0.39 is 6.36 Å². The number of rotatable bonds is 6. The van der Waals surface area contributed by atoms with E-state index in [0.717, 1.165) is 16.9 Å². The molecule has 0 radical (unpaired) electrons. The van der Waals surface area contributed by atoms with Crippen LogP contribution < -0.4 is 4.74 Å². The molecule has 2 aromatic carbocycles. The van der Waals surface area contributed by atoms with Crippen molar-refractivity contribution >= 4 is 39.3 Å². The van der Waals surface area contributed by atoms with E-state index in [-0.39, 0.29) is 5.75 Å². The van der Waals surface area contributed by atoms with Crippen LogP contribution in [0.5, 0.6) is 5.75 Å². The second kappa shape index (κ2) is 8.99. The fourth-order valence-corrected chi connectivity index (χ4v) is 3.53. The lowest BCUT2D eigenvalue weighted by Gasteiger charge is -2.09. The topological polar surface area (TPSA) is 9.23 Å². The summed E-state index contributed by atoms with van der Waals surface area (Å²) in [5, 5.41) is 1.95. The van der Waals surface area contributed by atoms with Crippen molar-refractivity contribution in [2.75, 3.05) is 0 Å². The van der Waals surface area contributed by atoms with Crippen LogP contribution in [0, 0.1) is 17.4 Å². The molecule has 0 saturated heterocycles. The van der Waals surface area contributed by atoms with Crippen LogP contribution in [0.1, 0.15) is 22.3 Å². The van der Waals surface area contributed by atoms with Gasteiger partial charge in [0, 0.05) is 8.48 Å². The highest BCUT2D eigenvalue weighted by Gasteiger charge is 2.30. The number of ether oxygens (including phenoxy) is 1. The van der Waals surface area contributed by atoms with Gasteiger partial charge < -0.3 is 4.74 Å². The molecule has 0 bridgehead atoms. The molecule has 0 aliphatic carbocycles. The molecule has 0 spiro atoms. The SMILES string of the molecule is C=C(S/C=C/Cc1cc(C)c(I)cc1C)c1ccc(OC(F)(F)F)cc1. The van der Waals surface area contributed by atoms with Crippen molar-refractivity contribution in [2.24, 2.45) is 0 Å². The highest BCUT2D eigenvalue weighted by Crippen LogP contribution is 2.30. The molecule has 0 saturated carbocycles. The summed E-state index contributed by atoms with van der Waals surface area (Å²) < 4.78 is 41.6. The third-order valence-electron chi connectivity index (χ3n) is 3.67. The van der Waals surface area contributed by atoms with Gasteiger partial charge in [-0.1, -0.05) is 42.6 Å². The molecule has 2 rings (SSSR count). The quantitative estimate of drug-likeness (QED) is 0.394. The van der Waals surface area contributed by atoms with Crippen molar-refractivity contribution in [3.8, 4) is 5.75 Å². The van der Waals surface area contributed by atoms with Gasteiger partial charge in [-0.3, -0.25) is 0 Å². The van der Waals surface area contributed by atoms with Crippen molar-refractivity contribution in [2.45, 2.75) is 26.6 Å². The van der Waals surface area contributed by atoms with Gasteiger partial charge in [0.05, 0.1) is 0 Å². The number of hydrogen-bond donors (Lipinski definition) is 0. The molecule has 0 N–H and O–H groups in total. The normalized spacial score (nSPS) is 11.8. The summed E-state index contributed by atoms with van der Waals surface area (Å²) in [4.78, 5) is 0.760. The summed E-state index contributed by atoms with van der Waals surface area (Å²) >= 11 is 3.77. The molecule has 0 fully saturated rings. The third-order valence-corrected chi connectivity index (χ3v) is 5.68. The lowest BCUT2D eigenvalue weighted by atomic mass is 10.0. The molecule has 1 nitrogen and oxygen atoms in total. The molecule has 0 aliphatic rings. The van der Waals surface area contributed by atoms with E-state index >= 15 is 0 Å². The molecule has 0 unspecified atom stereocenters. The Morgan fingerprint density at radius 3 is 2.42 bits per heavy atom. The molecule has 0 atom stereocenters. The minimum Gasteiger partial charge on any atom is -0.406 e. The number of hydrogen-bond acceptors (Lipinski definition) is 2. The molecule has 26 heavy (non-hydrogen) atoms. The van der Waals surface area contributed by atoms with Crippen LogP contribution >= 0.6 is 34.4 Å². The van der Waals surface area contributed by atoms with E-state index in [9.17, 15) is 13.2 Å². The maximum atomic E-state index is 12.2. The van der Waals surface area contributed by atoms with Crippen LogP contribution in [0.15, 0.2) is 54.5 Å². The average molecular weight is 490 g/mol. The van der Waals surface area contributed by atoms with Crippen molar-refractivity contribution < 1.29 is 17.9 Å². The highest BCUT2D eigenvalue weighted by atomic mass is 127. The van der Waals surface area contributed by atoms with Crippen molar-refractivity contribution in [1.29, 1.82) is 0 Å². The van der Waals surface area contributed by atoms with Gasteiger partial charge in [0.25, 0.3) is 0 Å². The van der Waals surface area contributed by atoms with Gasteiger partial charge in [0.1, 0.15) is 5.75 Å². The summed E-state index contributed by atoms with van der Waals surface area (Å²) in [7, 11) is 0. The van der Waals surface area contributed by atoms with E-state index in [2.05, 4.69) is 66.0 Å². The fraction of sp³-hybridized carbons (Fsp3) is 0.200. The minimum atomic E-state index is -4.68. The van der Waals surface area contributed by atoms with Crippen LogP contribution in [-0.2, 0) is 6.42 Å². The van der Waals surface area contributed by atoms with Gasteiger partial charge in [-0.2, -0.15) is 0 Å².